The maximum atomic E-state index is 13.0. The molecule has 0 amide bonds. The van der Waals surface area contributed by atoms with Gasteiger partial charge < -0.3 is 33.8 Å². The quantitative estimate of drug-likeness (QED) is 0.0222. The van der Waals surface area contributed by atoms with Crippen molar-refractivity contribution in [3.63, 3.8) is 0 Å². The number of phosphoric ester groups is 2. The average Bonchev–Trinajstić information content (AvgIpc) is 3.57. The lowest BCUT2D eigenvalue weighted by Gasteiger charge is -2.21. The normalized spacial score (nSPS) is 14.1. The molecule has 19 heteroatoms. The van der Waals surface area contributed by atoms with Gasteiger partial charge in [-0.1, -0.05) is 311 Å². The number of carbonyl (C=O) groups excluding carboxylic acids is 4. The molecule has 0 radical (unpaired) electrons. The van der Waals surface area contributed by atoms with Crippen LogP contribution in [0.15, 0.2) is 0 Å². The van der Waals surface area contributed by atoms with E-state index >= 15 is 0 Å². The first-order valence-electron chi connectivity index (χ1n) is 36.6. The van der Waals surface area contributed by atoms with E-state index < -0.39 is 97.5 Å². The Morgan fingerprint density at radius 3 is 0.764 bits per heavy atom. The van der Waals surface area contributed by atoms with E-state index in [0.717, 1.165) is 95.8 Å². The van der Waals surface area contributed by atoms with Crippen molar-refractivity contribution in [2.24, 2.45) is 5.92 Å². The van der Waals surface area contributed by atoms with Crippen LogP contribution in [0.25, 0.3) is 0 Å². The molecule has 528 valence electrons. The lowest BCUT2D eigenvalue weighted by atomic mass is 10.0. The molecule has 89 heavy (non-hydrogen) atoms. The highest BCUT2D eigenvalue weighted by Crippen LogP contribution is 2.45. The summed E-state index contributed by atoms with van der Waals surface area (Å²) in [5, 5.41) is 10.6. The Hall–Kier alpha value is -1.94. The molecule has 2 unspecified atom stereocenters. The van der Waals surface area contributed by atoms with E-state index in [-0.39, 0.29) is 25.7 Å². The summed E-state index contributed by atoms with van der Waals surface area (Å²) in [6.07, 6.45) is 49.7. The first kappa shape index (κ1) is 87.1. The van der Waals surface area contributed by atoms with Gasteiger partial charge in [-0.3, -0.25) is 37.3 Å². The number of hydrogen-bond donors (Lipinski definition) is 3. The Morgan fingerprint density at radius 1 is 0.303 bits per heavy atom. The summed E-state index contributed by atoms with van der Waals surface area (Å²) in [6.45, 7) is 7.23. The number of rotatable bonds is 70. The highest BCUT2D eigenvalue weighted by Gasteiger charge is 2.30. The van der Waals surface area contributed by atoms with Gasteiger partial charge in [0.2, 0.25) is 0 Å². The summed E-state index contributed by atoms with van der Waals surface area (Å²) in [5.41, 5.74) is 0. The Bertz CT molecular complexity index is 1720. The number of aliphatic hydroxyl groups is 1. The number of ether oxygens (including phenoxy) is 4. The van der Waals surface area contributed by atoms with Crippen LogP contribution < -0.4 is 0 Å². The first-order valence-corrected chi connectivity index (χ1v) is 39.6. The van der Waals surface area contributed by atoms with Gasteiger partial charge in [0.25, 0.3) is 0 Å². The molecule has 0 rings (SSSR count). The smallest absolute Gasteiger partial charge is 0.462 e. The van der Waals surface area contributed by atoms with E-state index in [9.17, 15) is 43.2 Å². The van der Waals surface area contributed by atoms with Crippen molar-refractivity contribution in [2.75, 3.05) is 39.6 Å². The van der Waals surface area contributed by atoms with Crippen molar-refractivity contribution in [1.82, 2.24) is 0 Å². The van der Waals surface area contributed by atoms with Gasteiger partial charge in [-0.05, 0) is 31.6 Å². The van der Waals surface area contributed by atoms with E-state index in [1.165, 1.54) is 186 Å². The summed E-state index contributed by atoms with van der Waals surface area (Å²) >= 11 is 0. The van der Waals surface area contributed by atoms with Crippen LogP contribution in [0.1, 0.15) is 362 Å². The number of carbonyl (C=O) groups is 4. The molecule has 0 heterocycles. The molecule has 0 aliphatic carbocycles. The fourth-order valence-corrected chi connectivity index (χ4v) is 12.2. The highest BCUT2D eigenvalue weighted by atomic mass is 31.2. The van der Waals surface area contributed by atoms with Crippen molar-refractivity contribution in [3.8, 4) is 0 Å². The lowest BCUT2D eigenvalue weighted by Crippen LogP contribution is -2.30. The van der Waals surface area contributed by atoms with Crippen molar-refractivity contribution in [3.05, 3.63) is 0 Å². The Morgan fingerprint density at radius 2 is 0.517 bits per heavy atom. The zero-order valence-electron chi connectivity index (χ0n) is 57.6. The predicted molar refractivity (Wildman–Crippen MR) is 358 cm³/mol. The fraction of sp³-hybridized carbons (Fsp3) is 0.943. The summed E-state index contributed by atoms with van der Waals surface area (Å²) in [5.74, 6) is -1.38. The van der Waals surface area contributed by atoms with Gasteiger partial charge in [-0.2, -0.15) is 0 Å². The van der Waals surface area contributed by atoms with E-state index in [1.807, 2.05) is 0 Å². The van der Waals surface area contributed by atoms with Gasteiger partial charge in [0.05, 0.1) is 26.4 Å². The van der Waals surface area contributed by atoms with E-state index in [4.69, 9.17) is 37.0 Å². The van der Waals surface area contributed by atoms with Crippen LogP contribution in [0.4, 0.5) is 0 Å². The Kier molecular flexibility index (Phi) is 62.1. The molecule has 0 aromatic heterocycles. The largest absolute Gasteiger partial charge is 0.472 e. The zero-order valence-corrected chi connectivity index (χ0v) is 59.4. The third-order valence-electron chi connectivity index (χ3n) is 16.3. The second kappa shape index (κ2) is 63.5. The number of unbranched alkanes of at least 4 members (excludes halogenated alkanes) is 42. The number of hydrogen-bond acceptors (Lipinski definition) is 15. The second-order valence-corrected chi connectivity index (χ2v) is 28.7. The van der Waals surface area contributed by atoms with Crippen molar-refractivity contribution >= 4 is 39.5 Å². The molecule has 0 spiro atoms. The third-order valence-corrected chi connectivity index (χ3v) is 18.2. The van der Waals surface area contributed by atoms with E-state index in [2.05, 4.69) is 34.6 Å². The van der Waals surface area contributed by atoms with E-state index in [0.29, 0.717) is 25.7 Å². The van der Waals surface area contributed by atoms with Crippen LogP contribution in [-0.2, 0) is 65.4 Å². The molecular formula is C70H136O17P2. The van der Waals surface area contributed by atoms with Crippen LogP contribution in [0.2, 0.25) is 0 Å². The zero-order chi connectivity index (χ0) is 65.6. The van der Waals surface area contributed by atoms with Crippen LogP contribution in [0, 0.1) is 5.92 Å². The third kappa shape index (κ3) is 64.6. The van der Waals surface area contributed by atoms with Crippen molar-refractivity contribution in [2.45, 2.75) is 380 Å². The summed E-state index contributed by atoms with van der Waals surface area (Å²) < 4.78 is 68.3. The number of esters is 4. The molecule has 0 fully saturated rings. The molecule has 0 bridgehead atoms. The first-order chi connectivity index (χ1) is 43.0. The summed E-state index contributed by atoms with van der Waals surface area (Å²) in [6, 6.07) is 0. The Balaban J connectivity index is 5.25. The lowest BCUT2D eigenvalue weighted by molar-refractivity contribution is -0.161. The summed E-state index contributed by atoms with van der Waals surface area (Å²) in [4.78, 5) is 72.5. The number of aliphatic hydroxyl groups excluding tert-OH is 1. The SMILES string of the molecule is CCCCCCCCCCCCCCCC(=O)O[C@H](COC(=O)CCCCCCCCCCCC(C)C)COP(=O)(O)OC[C@@H](O)COP(=O)(O)OC[C@@H](COC(=O)CCCCCCCCCCCCCC)OC(=O)CCCCCCCCCCCCCC. The van der Waals surface area contributed by atoms with Gasteiger partial charge in [-0.15, -0.1) is 0 Å². The van der Waals surface area contributed by atoms with Crippen molar-refractivity contribution in [1.29, 1.82) is 0 Å². The van der Waals surface area contributed by atoms with Crippen LogP contribution in [-0.4, -0.2) is 96.7 Å². The highest BCUT2D eigenvalue weighted by molar-refractivity contribution is 7.47. The molecule has 0 aliphatic rings. The fourth-order valence-electron chi connectivity index (χ4n) is 10.6. The summed E-state index contributed by atoms with van der Waals surface area (Å²) in [7, 11) is -9.90. The predicted octanol–water partition coefficient (Wildman–Crippen LogP) is 20.1. The minimum atomic E-state index is -4.95. The van der Waals surface area contributed by atoms with Gasteiger partial charge in [0, 0.05) is 25.7 Å². The van der Waals surface area contributed by atoms with Crippen LogP contribution in [0.5, 0.6) is 0 Å². The minimum absolute atomic E-state index is 0.107. The molecule has 5 atom stereocenters. The molecule has 0 aromatic rings. The Labute approximate surface area is 543 Å². The molecule has 3 N–H and O–H groups in total. The molecule has 0 aromatic carbocycles. The monoisotopic (exact) mass is 1310 g/mol. The van der Waals surface area contributed by atoms with Crippen LogP contribution >= 0.6 is 15.6 Å². The van der Waals surface area contributed by atoms with Gasteiger partial charge >= 0.3 is 39.5 Å². The number of phosphoric acid groups is 2. The van der Waals surface area contributed by atoms with E-state index in [1.54, 1.807) is 0 Å². The molecule has 0 aliphatic heterocycles. The molecule has 17 nitrogen and oxygen atoms in total. The van der Waals surface area contributed by atoms with Crippen LogP contribution in [0.3, 0.4) is 0 Å². The standard InChI is InChI=1S/C70H136O17P2/c1-6-9-12-15-18-21-24-27-30-35-41-46-51-56-70(75)87-66(60-81-68(73)54-49-44-39-36-31-32-37-42-47-52-63(4)5)62-85-89(78,79)83-58-64(71)57-82-88(76,77)84-61-65(86-69(74)55-50-45-40-34-29-26-23-20-17-14-11-8-3)59-80-67(72)53-48-43-38-33-28-25-22-19-16-13-10-7-2/h63-66,71H,6-62H2,1-5H3,(H,76,77)(H,78,79)/t64-,65+,66+/m0/s1. The van der Waals surface area contributed by atoms with Gasteiger partial charge in [0.1, 0.15) is 19.3 Å². The molecule has 0 saturated carbocycles. The average molecular weight is 1310 g/mol. The van der Waals surface area contributed by atoms with Crippen molar-refractivity contribution < 1.29 is 80.2 Å². The molecular weight excluding hydrogens is 1170 g/mol. The topological polar surface area (TPSA) is 237 Å². The second-order valence-electron chi connectivity index (χ2n) is 25.7. The van der Waals surface area contributed by atoms with Gasteiger partial charge in [-0.25, -0.2) is 9.13 Å². The maximum Gasteiger partial charge on any atom is 0.472 e. The molecule has 0 saturated heterocycles. The van der Waals surface area contributed by atoms with Gasteiger partial charge in [0.15, 0.2) is 12.2 Å². The maximum absolute atomic E-state index is 13.0. The minimum Gasteiger partial charge on any atom is -0.462 e.